The molecule has 0 aromatic heterocycles. The van der Waals surface area contributed by atoms with Crippen LogP contribution < -0.4 is 0 Å². The van der Waals surface area contributed by atoms with Gasteiger partial charge in [0.2, 0.25) is 0 Å². The summed E-state index contributed by atoms with van der Waals surface area (Å²) in [4.78, 5) is 0. The third-order valence-electron chi connectivity index (χ3n) is 0.554. The monoisotopic (exact) mass is 174 g/mol. The zero-order chi connectivity index (χ0) is 7.11. The van der Waals surface area contributed by atoms with E-state index in [1.807, 2.05) is 0 Å². The molecule has 0 amide bonds. The van der Waals surface area contributed by atoms with Gasteiger partial charge in [-0.3, -0.25) is 0 Å². The van der Waals surface area contributed by atoms with Gasteiger partial charge in [0.15, 0.2) is 0 Å². The SMILES string of the molecule is C#CCCC#CS(=S)S. The summed E-state index contributed by atoms with van der Waals surface area (Å²) in [7, 11) is -0.471. The quantitative estimate of drug-likeness (QED) is 0.270. The molecule has 0 nitrogen and oxygen atoms in total. The summed E-state index contributed by atoms with van der Waals surface area (Å²) >= 11 is 8.61. The Balaban J connectivity index is 3.41. The standard InChI is InChI=1S/C6H6S3/c1-2-3-4-5-6-9(7)8/h1H,3-4H2,(H,7,8). The van der Waals surface area contributed by atoms with Crippen molar-refractivity contribution in [2.24, 2.45) is 0 Å². The Hall–Kier alpha value is 0.0400. The molecule has 0 spiro atoms. The van der Waals surface area contributed by atoms with Gasteiger partial charge >= 0.3 is 0 Å². The maximum absolute atomic E-state index is 4.98. The number of unbranched alkanes of at least 4 members (excludes halogenated alkanes) is 1. The highest BCUT2D eigenvalue weighted by atomic mass is 33.3. The van der Waals surface area contributed by atoms with Crippen molar-refractivity contribution >= 4 is 31.3 Å². The van der Waals surface area contributed by atoms with Gasteiger partial charge in [0.25, 0.3) is 0 Å². The van der Waals surface area contributed by atoms with Gasteiger partial charge < -0.3 is 0 Å². The summed E-state index contributed by atoms with van der Waals surface area (Å²) < 4.78 is 0. The molecule has 0 fully saturated rings. The fourth-order valence-electron chi connectivity index (χ4n) is 0.247. The van der Waals surface area contributed by atoms with Crippen LogP contribution in [0.15, 0.2) is 0 Å². The van der Waals surface area contributed by atoms with Gasteiger partial charge in [0, 0.05) is 21.3 Å². The normalized spacial score (nSPS) is 10.7. The summed E-state index contributed by atoms with van der Waals surface area (Å²) in [6.07, 6.45) is 6.42. The van der Waals surface area contributed by atoms with E-state index in [9.17, 15) is 0 Å². The number of hydrogen-bond donors (Lipinski definition) is 1. The lowest BCUT2D eigenvalue weighted by atomic mass is 10.3. The van der Waals surface area contributed by atoms with Gasteiger partial charge in [0.05, 0.1) is 0 Å². The molecule has 0 bridgehead atoms. The second-order valence-electron chi connectivity index (χ2n) is 1.23. The zero-order valence-corrected chi connectivity index (χ0v) is 7.28. The molecular weight excluding hydrogens is 168 g/mol. The zero-order valence-electron chi connectivity index (χ0n) is 4.76. The molecule has 0 aromatic carbocycles. The highest BCUT2D eigenvalue weighted by Gasteiger charge is 1.73. The molecule has 3 heteroatoms. The molecule has 0 rings (SSSR count). The van der Waals surface area contributed by atoms with E-state index in [1.54, 1.807) is 0 Å². The van der Waals surface area contributed by atoms with E-state index in [2.05, 4.69) is 28.8 Å². The van der Waals surface area contributed by atoms with E-state index in [4.69, 9.17) is 17.6 Å². The minimum Gasteiger partial charge on any atom is -0.120 e. The summed E-state index contributed by atoms with van der Waals surface area (Å²) in [5.74, 6) is 5.31. The number of rotatable bonds is 1. The van der Waals surface area contributed by atoms with Crippen LogP contribution in [0.2, 0.25) is 0 Å². The number of hydrogen-bond acceptors (Lipinski definition) is 1. The first-order chi connectivity index (χ1) is 4.27. The topological polar surface area (TPSA) is 0 Å². The minimum absolute atomic E-state index is 0.471. The maximum Gasteiger partial charge on any atom is 0.0208 e. The molecule has 0 aliphatic rings. The van der Waals surface area contributed by atoms with Crippen molar-refractivity contribution in [3.05, 3.63) is 0 Å². The van der Waals surface area contributed by atoms with Crippen molar-refractivity contribution in [3.63, 3.8) is 0 Å². The Labute approximate surface area is 67.8 Å². The molecule has 0 aliphatic heterocycles. The minimum atomic E-state index is -0.471. The van der Waals surface area contributed by atoms with Gasteiger partial charge in [-0.1, -0.05) is 17.6 Å². The van der Waals surface area contributed by atoms with E-state index in [0.29, 0.717) is 6.42 Å². The van der Waals surface area contributed by atoms with Gasteiger partial charge in [-0.05, 0) is 16.4 Å². The molecule has 0 saturated carbocycles. The molecule has 1 atom stereocenters. The van der Waals surface area contributed by atoms with E-state index < -0.39 is 8.49 Å². The second kappa shape index (κ2) is 6.16. The van der Waals surface area contributed by atoms with E-state index >= 15 is 0 Å². The fraction of sp³-hybridized carbons (Fsp3) is 0.333. The Morgan fingerprint density at radius 2 is 2.22 bits per heavy atom. The van der Waals surface area contributed by atoms with Crippen LogP contribution in [0.5, 0.6) is 0 Å². The molecule has 0 heterocycles. The number of thiol groups is 1. The maximum atomic E-state index is 4.98. The summed E-state index contributed by atoms with van der Waals surface area (Å²) in [6.45, 7) is 0. The van der Waals surface area contributed by atoms with E-state index in [-0.39, 0.29) is 0 Å². The molecule has 9 heavy (non-hydrogen) atoms. The van der Waals surface area contributed by atoms with Crippen LogP contribution in [0.3, 0.4) is 0 Å². The highest BCUT2D eigenvalue weighted by Crippen LogP contribution is 1.86. The molecular formula is C6H6S3. The predicted molar refractivity (Wildman–Crippen MR) is 49.6 cm³/mol. The van der Waals surface area contributed by atoms with Crippen LogP contribution >= 0.6 is 11.7 Å². The summed E-state index contributed by atoms with van der Waals surface area (Å²) in [6, 6.07) is 0. The largest absolute Gasteiger partial charge is 0.120 e. The average molecular weight is 174 g/mol. The van der Waals surface area contributed by atoms with Crippen LogP contribution in [0.25, 0.3) is 0 Å². The van der Waals surface area contributed by atoms with Gasteiger partial charge in [-0.25, -0.2) is 0 Å². The lowest BCUT2D eigenvalue weighted by molar-refractivity contribution is 1.12. The molecule has 0 aromatic rings. The Bertz CT molecular complexity index is 189. The van der Waals surface area contributed by atoms with E-state index in [1.165, 1.54) is 0 Å². The van der Waals surface area contributed by atoms with Crippen LogP contribution in [0.1, 0.15) is 12.8 Å². The Morgan fingerprint density at radius 3 is 2.67 bits per heavy atom. The van der Waals surface area contributed by atoms with Crippen molar-refractivity contribution in [2.45, 2.75) is 12.8 Å². The first-order valence-electron chi connectivity index (χ1n) is 2.30. The fourth-order valence-corrected chi connectivity index (χ4v) is 0.843. The molecule has 0 aliphatic carbocycles. The predicted octanol–water partition coefficient (Wildman–Crippen LogP) is 1.29. The highest BCUT2D eigenvalue weighted by molar-refractivity contribution is 8.77. The molecule has 0 radical (unpaired) electrons. The van der Waals surface area contributed by atoms with Crippen LogP contribution in [0.4, 0.5) is 0 Å². The van der Waals surface area contributed by atoms with Crippen molar-refractivity contribution in [3.8, 4) is 23.5 Å². The van der Waals surface area contributed by atoms with Crippen molar-refractivity contribution in [1.29, 1.82) is 0 Å². The third kappa shape index (κ3) is 8.04. The van der Waals surface area contributed by atoms with Crippen molar-refractivity contribution in [1.82, 2.24) is 0 Å². The van der Waals surface area contributed by atoms with Gasteiger partial charge in [-0.15, -0.1) is 12.3 Å². The van der Waals surface area contributed by atoms with Crippen LogP contribution in [-0.2, 0) is 19.7 Å². The molecule has 0 saturated heterocycles. The van der Waals surface area contributed by atoms with Crippen LogP contribution in [-0.4, -0.2) is 0 Å². The number of terminal acetylenes is 1. The van der Waals surface area contributed by atoms with E-state index in [0.717, 1.165) is 6.42 Å². The lowest BCUT2D eigenvalue weighted by Gasteiger charge is -1.76. The van der Waals surface area contributed by atoms with Crippen molar-refractivity contribution < 1.29 is 0 Å². The third-order valence-corrected chi connectivity index (χ3v) is 1.40. The Morgan fingerprint density at radius 1 is 1.56 bits per heavy atom. The molecule has 48 valence electrons. The Kier molecular flexibility index (Phi) is 6.19. The summed E-state index contributed by atoms with van der Waals surface area (Å²) in [5, 5.41) is 2.74. The lowest BCUT2D eigenvalue weighted by Crippen LogP contribution is -1.66. The summed E-state index contributed by atoms with van der Waals surface area (Å²) in [5.41, 5.74) is 0. The molecule has 1 unspecified atom stereocenters. The first kappa shape index (κ1) is 9.04. The molecule has 0 N–H and O–H groups in total. The van der Waals surface area contributed by atoms with Crippen molar-refractivity contribution in [2.75, 3.05) is 0 Å². The van der Waals surface area contributed by atoms with Gasteiger partial charge in [-0.2, -0.15) is 0 Å². The smallest absolute Gasteiger partial charge is 0.0208 e. The second-order valence-corrected chi connectivity index (χ2v) is 4.77. The first-order valence-corrected chi connectivity index (χ1v) is 5.50. The average Bonchev–Trinajstić information content (AvgIpc) is 1.80. The van der Waals surface area contributed by atoms with Gasteiger partial charge in [0.1, 0.15) is 0 Å². The van der Waals surface area contributed by atoms with Crippen LogP contribution in [0, 0.1) is 23.5 Å².